The maximum absolute atomic E-state index is 12.9. The molecule has 1 fully saturated rings. The maximum atomic E-state index is 12.9. The van der Waals surface area contributed by atoms with E-state index < -0.39 is 23.8 Å². The first-order valence-corrected chi connectivity index (χ1v) is 12.7. The molecule has 3 unspecified atom stereocenters. The molecule has 182 valence electrons. The van der Waals surface area contributed by atoms with Crippen LogP contribution in [0, 0.1) is 5.92 Å². The van der Waals surface area contributed by atoms with E-state index in [9.17, 15) is 34.5 Å². The van der Waals surface area contributed by atoms with Crippen LogP contribution in [0.5, 0.6) is 11.5 Å². The van der Waals surface area contributed by atoms with Gasteiger partial charge >= 0.3 is 5.97 Å². The van der Waals surface area contributed by atoms with Gasteiger partial charge in [0.2, 0.25) is 11.0 Å². The average molecular weight is 500 g/mol. The number of carbonyl (C=O) groups excluding carboxylic acids is 4. The predicted molar refractivity (Wildman–Crippen MR) is 125 cm³/mol. The fourth-order valence-corrected chi connectivity index (χ4v) is 5.40. The zero-order chi connectivity index (χ0) is 24.5. The van der Waals surface area contributed by atoms with Crippen molar-refractivity contribution in [2.45, 2.75) is 45.3 Å². The lowest BCUT2D eigenvalue weighted by molar-refractivity contribution is -0.142. The average Bonchev–Trinajstić information content (AvgIpc) is 3.25. The Bertz CT molecular complexity index is 878. The number of ether oxygens (including phenoxy) is 1. The minimum absolute atomic E-state index is 0.0641. The van der Waals surface area contributed by atoms with Crippen LogP contribution in [0.25, 0.3) is 0 Å². The minimum atomic E-state index is -1.37. The Morgan fingerprint density at radius 1 is 1.24 bits per heavy atom. The molecule has 0 spiro atoms. The molecule has 11 heteroatoms. The van der Waals surface area contributed by atoms with Crippen molar-refractivity contribution in [2.75, 3.05) is 24.0 Å². The van der Waals surface area contributed by atoms with Crippen LogP contribution in [0.1, 0.15) is 32.3 Å². The lowest BCUT2D eigenvalue weighted by Crippen LogP contribution is -2.44. The van der Waals surface area contributed by atoms with Gasteiger partial charge in [-0.2, -0.15) is 0 Å². The number of esters is 1. The van der Waals surface area contributed by atoms with Crippen LogP contribution in [-0.4, -0.2) is 79.1 Å². The Hall–Kier alpha value is -2.24. The highest BCUT2D eigenvalue weighted by Gasteiger charge is 2.37. The molecule has 1 aromatic carbocycles. The molecule has 1 saturated heterocycles. The van der Waals surface area contributed by atoms with Crippen LogP contribution in [-0.2, 0) is 30.3 Å². The predicted octanol–water partition coefficient (Wildman–Crippen LogP) is 1.71. The lowest BCUT2D eigenvalue weighted by atomic mass is 9.96. The van der Waals surface area contributed by atoms with Crippen LogP contribution in [0.3, 0.4) is 0 Å². The number of phenols is 2. The molecule has 0 aromatic heterocycles. The van der Waals surface area contributed by atoms with Gasteiger partial charge in [-0.05, 0) is 24.6 Å². The number of nitrogens with zero attached hydrogens (tertiary/aromatic N) is 1. The summed E-state index contributed by atoms with van der Waals surface area (Å²) in [4.78, 5) is 50.8. The minimum Gasteiger partial charge on any atom is -0.504 e. The van der Waals surface area contributed by atoms with Gasteiger partial charge in [0, 0.05) is 30.3 Å². The van der Waals surface area contributed by atoms with Crippen molar-refractivity contribution in [3.8, 4) is 11.5 Å². The van der Waals surface area contributed by atoms with Gasteiger partial charge in [-0.3, -0.25) is 19.2 Å². The van der Waals surface area contributed by atoms with Crippen LogP contribution in [0.15, 0.2) is 18.2 Å². The van der Waals surface area contributed by atoms with Crippen LogP contribution in [0.4, 0.5) is 0 Å². The Kier molecular flexibility index (Phi) is 10.5. The zero-order valence-electron chi connectivity index (χ0n) is 18.6. The summed E-state index contributed by atoms with van der Waals surface area (Å²) < 4.78 is 4.84. The summed E-state index contributed by atoms with van der Waals surface area (Å²) in [7, 11) is 0. The van der Waals surface area contributed by atoms with Gasteiger partial charge in [0.05, 0.1) is 18.9 Å². The Morgan fingerprint density at radius 2 is 1.97 bits per heavy atom. The molecule has 3 N–H and O–H groups in total. The molecule has 9 nitrogen and oxygen atoms in total. The number of ketones is 1. The molecule has 33 heavy (non-hydrogen) atoms. The van der Waals surface area contributed by atoms with Crippen LogP contribution >= 0.6 is 23.5 Å². The highest BCUT2D eigenvalue weighted by molar-refractivity contribution is 8.13. The van der Waals surface area contributed by atoms with E-state index in [1.807, 2.05) is 0 Å². The number of aliphatic hydroxyl groups excluding tert-OH is 1. The Balaban J connectivity index is 1.87. The van der Waals surface area contributed by atoms with E-state index in [0.29, 0.717) is 17.2 Å². The fraction of sp³-hybridized carbons (Fsp3) is 0.545. The lowest BCUT2D eigenvalue weighted by Gasteiger charge is -2.25. The number of aliphatic hydroxyl groups is 1. The van der Waals surface area contributed by atoms with E-state index in [1.54, 1.807) is 13.8 Å². The second-order valence-electron chi connectivity index (χ2n) is 7.66. The number of Topliss-reactive ketones (excluding diaryl/α,β-unsaturated/α-hetero) is 1. The summed E-state index contributed by atoms with van der Waals surface area (Å²) in [5.41, 5.74) is 0.464. The first kappa shape index (κ1) is 27.0. The highest BCUT2D eigenvalue weighted by atomic mass is 32.2. The number of carbonyl (C=O) groups is 4. The van der Waals surface area contributed by atoms with Crippen LogP contribution < -0.4 is 0 Å². The van der Waals surface area contributed by atoms with Gasteiger partial charge in [0.1, 0.15) is 12.1 Å². The largest absolute Gasteiger partial charge is 0.504 e. The molecule has 1 aromatic rings. The topological polar surface area (TPSA) is 141 Å². The van der Waals surface area contributed by atoms with Crippen molar-refractivity contribution in [3.63, 3.8) is 0 Å². The second kappa shape index (κ2) is 12.9. The fourth-order valence-electron chi connectivity index (χ4n) is 3.26. The monoisotopic (exact) mass is 499 g/mol. The highest BCUT2D eigenvalue weighted by Crippen LogP contribution is 2.28. The van der Waals surface area contributed by atoms with E-state index in [1.165, 1.54) is 34.9 Å². The third kappa shape index (κ3) is 7.94. The summed E-state index contributed by atoms with van der Waals surface area (Å²) in [5.74, 6) is -1.56. The number of hydrogen-bond acceptors (Lipinski definition) is 10. The van der Waals surface area contributed by atoms with Crippen molar-refractivity contribution in [2.24, 2.45) is 5.92 Å². The number of hydrogen-bond donors (Lipinski definition) is 3. The molecule has 3 atom stereocenters. The SMILES string of the molecule is CCOC(=O)CCSC(=O)C1CSCN1C(=O)C(C)CC(=O)C(O)Cc1ccc(O)c(O)c1. The van der Waals surface area contributed by atoms with Crippen LogP contribution in [0.2, 0.25) is 0 Å². The number of aromatic hydroxyl groups is 2. The van der Waals surface area contributed by atoms with Gasteiger partial charge in [-0.15, -0.1) is 11.8 Å². The van der Waals surface area contributed by atoms with E-state index in [0.717, 1.165) is 11.8 Å². The molecule has 2 rings (SSSR count). The van der Waals surface area contributed by atoms with Gasteiger partial charge in [-0.1, -0.05) is 24.8 Å². The normalized spacial score (nSPS) is 17.4. The van der Waals surface area contributed by atoms with Crippen molar-refractivity contribution in [1.29, 1.82) is 0 Å². The van der Waals surface area contributed by atoms with Gasteiger partial charge in [0.15, 0.2) is 17.3 Å². The number of rotatable bonds is 11. The molecular weight excluding hydrogens is 470 g/mol. The van der Waals surface area contributed by atoms with Crippen molar-refractivity contribution >= 4 is 46.3 Å². The summed E-state index contributed by atoms with van der Waals surface area (Å²) in [5, 5.41) is 28.9. The van der Waals surface area contributed by atoms with Crippen molar-refractivity contribution < 1.29 is 39.2 Å². The first-order chi connectivity index (χ1) is 15.6. The molecule has 1 aliphatic heterocycles. The molecule has 0 aliphatic carbocycles. The zero-order valence-corrected chi connectivity index (χ0v) is 20.2. The van der Waals surface area contributed by atoms with Gasteiger partial charge in [0.25, 0.3) is 0 Å². The number of phenolic OH excluding ortho intramolecular Hbond substituents is 2. The van der Waals surface area contributed by atoms with E-state index in [2.05, 4.69) is 0 Å². The maximum Gasteiger partial charge on any atom is 0.306 e. The number of thioether (sulfide) groups is 2. The van der Waals surface area contributed by atoms with E-state index >= 15 is 0 Å². The number of benzene rings is 1. The Morgan fingerprint density at radius 3 is 2.64 bits per heavy atom. The molecule has 0 saturated carbocycles. The molecule has 1 amide bonds. The van der Waals surface area contributed by atoms with Gasteiger partial charge < -0.3 is 25.0 Å². The summed E-state index contributed by atoms with van der Waals surface area (Å²) >= 11 is 2.43. The standard InChI is InChI=1S/C22H29NO8S2/c1-3-31-20(28)6-7-33-22(30)15-11-32-12-23(15)21(29)13(2)8-17(25)19(27)10-14-4-5-16(24)18(26)9-14/h4-5,9,13,15,19,24,26-27H,3,6-8,10-12H2,1-2H3. The summed E-state index contributed by atoms with van der Waals surface area (Å²) in [6.45, 7) is 3.57. The first-order valence-electron chi connectivity index (χ1n) is 10.6. The summed E-state index contributed by atoms with van der Waals surface area (Å²) in [6.07, 6.45) is -1.51. The molecule has 0 radical (unpaired) electrons. The molecule has 1 heterocycles. The third-order valence-corrected chi connectivity index (χ3v) is 7.04. The van der Waals surface area contributed by atoms with Crippen molar-refractivity contribution in [1.82, 2.24) is 4.90 Å². The second-order valence-corrected chi connectivity index (χ2v) is 9.76. The third-order valence-electron chi connectivity index (χ3n) is 5.06. The van der Waals surface area contributed by atoms with E-state index in [4.69, 9.17) is 4.74 Å². The smallest absolute Gasteiger partial charge is 0.306 e. The Labute approximate surface area is 200 Å². The van der Waals surface area contributed by atoms with Crippen molar-refractivity contribution in [3.05, 3.63) is 23.8 Å². The van der Waals surface area contributed by atoms with E-state index in [-0.39, 0.29) is 60.1 Å². The van der Waals surface area contributed by atoms with Gasteiger partial charge in [-0.25, -0.2) is 0 Å². The number of amides is 1. The molecular formula is C22H29NO8S2. The molecule has 1 aliphatic rings. The quantitative estimate of drug-likeness (QED) is 0.304. The molecule has 0 bridgehead atoms. The summed E-state index contributed by atoms with van der Waals surface area (Å²) in [6, 6.07) is 3.38.